The number of anilines is 3. The third-order valence-corrected chi connectivity index (χ3v) is 8.58. The van der Waals surface area contributed by atoms with Crippen molar-refractivity contribution in [1.29, 1.82) is 0 Å². The Hall–Kier alpha value is -4.48. The summed E-state index contributed by atoms with van der Waals surface area (Å²) >= 11 is 0. The number of piperidine rings is 1. The maximum atomic E-state index is 13.4. The molecule has 2 aromatic carbocycles. The van der Waals surface area contributed by atoms with E-state index in [1.165, 1.54) is 0 Å². The third kappa shape index (κ3) is 8.30. The van der Waals surface area contributed by atoms with E-state index in [0.717, 1.165) is 49.4 Å². The van der Waals surface area contributed by atoms with Crippen LogP contribution in [0.4, 0.5) is 21.9 Å². The number of likely N-dealkylation sites (tertiary alicyclic amines) is 1. The van der Waals surface area contributed by atoms with Crippen LogP contribution in [-0.2, 0) is 16.6 Å². The van der Waals surface area contributed by atoms with Gasteiger partial charge in [-0.05, 0) is 80.8 Å². The van der Waals surface area contributed by atoms with Gasteiger partial charge in [0.05, 0.1) is 17.6 Å². The molecule has 10 nitrogen and oxygen atoms in total. The van der Waals surface area contributed by atoms with Crippen molar-refractivity contribution in [2.75, 3.05) is 33.8 Å². The summed E-state index contributed by atoms with van der Waals surface area (Å²) in [6.45, 7) is 5.95. The molecule has 3 heterocycles. The molecule has 0 bridgehead atoms. The third-order valence-electron chi connectivity index (χ3n) is 7.27. The Bertz CT molecular complexity index is 1590. The number of sulfonamides is 1. The minimum Gasteiger partial charge on any atom is -0.439 e. The number of nitrogens with zero attached hydrogens (tertiary/aromatic N) is 4. The van der Waals surface area contributed by atoms with Crippen molar-refractivity contribution < 1.29 is 17.9 Å². The van der Waals surface area contributed by atoms with Crippen LogP contribution in [0.2, 0.25) is 0 Å². The van der Waals surface area contributed by atoms with E-state index in [4.69, 9.17) is 4.74 Å². The van der Waals surface area contributed by atoms with Crippen molar-refractivity contribution in [3.05, 3.63) is 103 Å². The van der Waals surface area contributed by atoms with Crippen molar-refractivity contribution in [3.63, 3.8) is 0 Å². The highest BCUT2D eigenvalue weighted by atomic mass is 32.2. The highest BCUT2D eigenvalue weighted by Crippen LogP contribution is 2.26. The van der Waals surface area contributed by atoms with Gasteiger partial charge < -0.3 is 10.1 Å². The van der Waals surface area contributed by atoms with Gasteiger partial charge in [-0.1, -0.05) is 24.3 Å². The van der Waals surface area contributed by atoms with Gasteiger partial charge in [0.2, 0.25) is 15.9 Å². The summed E-state index contributed by atoms with van der Waals surface area (Å²) in [7, 11) is -3.33. The molecule has 0 atom stereocenters. The van der Waals surface area contributed by atoms with Crippen molar-refractivity contribution in [2.24, 2.45) is 0 Å². The van der Waals surface area contributed by atoms with E-state index < -0.39 is 10.0 Å². The Balaban J connectivity index is 1.15. The van der Waals surface area contributed by atoms with E-state index in [9.17, 15) is 13.2 Å². The normalized spacial score (nSPS) is 14.2. The number of para-hydroxylation sites is 1. The highest BCUT2D eigenvalue weighted by Gasteiger charge is 2.29. The molecule has 0 radical (unpaired) electrons. The van der Waals surface area contributed by atoms with Gasteiger partial charge in [-0.25, -0.2) is 18.2 Å². The van der Waals surface area contributed by atoms with Gasteiger partial charge >= 0.3 is 6.03 Å². The Morgan fingerprint density at radius 3 is 2.28 bits per heavy atom. The molecule has 43 heavy (non-hydrogen) atoms. The van der Waals surface area contributed by atoms with Crippen LogP contribution in [0.1, 0.15) is 31.0 Å². The average Bonchev–Trinajstić information content (AvgIpc) is 3.02. The van der Waals surface area contributed by atoms with Crippen LogP contribution >= 0.6 is 0 Å². The highest BCUT2D eigenvalue weighted by molar-refractivity contribution is 7.92. The number of aromatic nitrogens is 2. The van der Waals surface area contributed by atoms with Gasteiger partial charge in [0.15, 0.2) is 0 Å². The van der Waals surface area contributed by atoms with E-state index in [-0.39, 0.29) is 17.8 Å². The zero-order valence-electron chi connectivity index (χ0n) is 24.3. The van der Waals surface area contributed by atoms with Gasteiger partial charge in [-0.15, -0.1) is 0 Å². The predicted octanol–water partition coefficient (Wildman–Crippen LogP) is 6.04. The van der Waals surface area contributed by atoms with Crippen molar-refractivity contribution in [1.82, 2.24) is 14.9 Å². The number of carbonyl (C=O) groups excluding carboxylic acids is 1. The summed E-state index contributed by atoms with van der Waals surface area (Å²) < 4.78 is 31.8. The summed E-state index contributed by atoms with van der Waals surface area (Å²) in [6, 6.07) is 24.0. The van der Waals surface area contributed by atoms with Gasteiger partial charge in [0.25, 0.3) is 0 Å². The first-order valence-corrected chi connectivity index (χ1v) is 16.0. The number of hydrogen-bond donors (Lipinski definition) is 2. The standard InChI is InChI=1S/C32H36N6O4S/c1-3-43(40,41)36-26-12-14-30(15-13-26)42-31-16-10-25(21-34-31)23-37-19-17-29(18-20-37)38(28-7-5-4-6-8-28)32(39)35-27-11-9-24(2)33-22-27/h4-16,21-22,29,36H,3,17-20,23H2,1-2H3,(H,35,39). The molecule has 0 unspecified atom stereocenters. The van der Waals surface area contributed by atoms with Crippen LogP contribution in [0.15, 0.2) is 91.3 Å². The van der Waals surface area contributed by atoms with Crippen molar-refractivity contribution in [3.8, 4) is 11.6 Å². The number of benzene rings is 2. The molecule has 0 spiro atoms. The van der Waals surface area contributed by atoms with Gasteiger partial charge in [-0.3, -0.25) is 19.5 Å². The SMILES string of the molecule is CCS(=O)(=O)Nc1ccc(Oc2ccc(CN3CCC(N(C(=O)Nc4ccc(C)nc4)c4ccccc4)CC3)cn2)cc1. The molecule has 5 rings (SSSR count). The van der Waals surface area contributed by atoms with Crippen LogP contribution in [0.3, 0.4) is 0 Å². The second-order valence-electron chi connectivity index (χ2n) is 10.5. The molecule has 2 aromatic heterocycles. The zero-order chi connectivity index (χ0) is 30.2. The molecule has 1 aliphatic rings. The first kappa shape index (κ1) is 30.0. The number of pyridine rings is 2. The smallest absolute Gasteiger partial charge is 0.326 e. The minimum atomic E-state index is -3.33. The molecule has 0 aliphatic carbocycles. The number of amides is 2. The fourth-order valence-electron chi connectivity index (χ4n) is 4.93. The molecule has 2 amide bonds. The summed E-state index contributed by atoms with van der Waals surface area (Å²) in [5.41, 5.74) is 3.99. The lowest BCUT2D eigenvalue weighted by molar-refractivity contribution is 0.199. The summed E-state index contributed by atoms with van der Waals surface area (Å²) in [5, 5.41) is 3.02. The molecule has 0 saturated carbocycles. The Labute approximate surface area is 252 Å². The van der Waals surface area contributed by atoms with Crippen LogP contribution in [0.25, 0.3) is 0 Å². The van der Waals surface area contributed by atoms with Crippen LogP contribution in [0, 0.1) is 6.92 Å². The molecular weight excluding hydrogens is 564 g/mol. The molecule has 1 fully saturated rings. The Morgan fingerprint density at radius 2 is 1.65 bits per heavy atom. The summed E-state index contributed by atoms with van der Waals surface area (Å²) in [4.78, 5) is 26.4. The summed E-state index contributed by atoms with van der Waals surface area (Å²) in [5.74, 6) is 1.03. The van der Waals surface area contributed by atoms with Crippen molar-refractivity contribution in [2.45, 2.75) is 39.3 Å². The number of hydrogen-bond acceptors (Lipinski definition) is 7. The monoisotopic (exact) mass is 600 g/mol. The van der Waals surface area contributed by atoms with Crippen LogP contribution in [-0.4, -0.2) is 54.2 Å². The molecule has 2 N–H and O–H groups in total. The van der Waals surface area contributed by atoms with Crippen LogP contribution < -0.4 is 19.7 Å². The molecule has 11 heteroatoms. The van der Waals surface area contributed by atoms with E-state index in [1.807, 2.05) is 72.6 Å². The second-order valence-corrected chi connectivity index (χ2v) is 12.5. The van der Waals surface area contributed by atoms with Gasteiger partial charge in [-0.2, -0.15) is 0 Å². The predicted molar refractivity (Wildman–Crippen MR) is 169 cm³/mol. The lowest BCUT2D eigenvalue weighted by Gasteiger charge is -2.38. The molecule has 1 saturated heterocycles. The lowest BCUT2D eigenvalue weighted by atomic mass is 10.0. The number of ether oxygens (including phenoxy) is 1. The second kappa shape index (κ2) is 13.7. The fourth-order valence-corrected chi connectivity index (χ4v) is 5.57. The molecular formula is C32H36N6O4S. The van der Waals surface area contributed by atoms with E-state index in [1.54, 1.807) is 37.4 Å². The number of urea groups is 1. The van der Waals surface area contributed by atoms with Crippen LogP contribution in [0.5, 0.6) is 11.6 Å². The number of carbonyl (C=O) groups is 1. The zero-order valence-corrected chi connectivity index (χ0v) is 25.1. The topological polar surface area (TPSA) is 117 Å². The van der Waals surface area contributed by atoms with Gasteiger partial charge in [0.1, 0.15) is 5.75 Å². The van der Waals surface area contributed by atoms with E-state index in [0.29, 0.717) is 23.0 Å². The summed E-state index contributed by atoms with van der Waals surface area (Å²) in [6.07, 6.45) is 5.17. The number of nitrogens with one attached hydrogen (secondary N) is 2. The lowest BCUT2D eigenvalue weighted by Crippen LogP contribution is -2.49. The maximum absolute atomic E-state index is 13.4. The fraction of sp³-hybridized carbons (Fsp3) is 0.281. The molecule has 4 aromatic rings. The maximum Gasteiger partial charge on any atom is 0.326 e. The van der Waals surface area contributed by atoms with Gasteiger partial charge in [0, 0.05) is 55.0 Å². The largest absolute Gasteiger partial charge is 0.439 e. The first-order chi connectivity index (χ1) is 20.8. The van der Waals surface area contributed by atoms with Crippen molar-refractivity contribution >= 4 is 33.1 Å². The average molecular weight is 601 g/mol. The number of aryl methyl sites for hydroxylation is 1. The Kier molecular flexibility index (Phi) is 9.53. The Morgan fingerprint density at radius 1 is 0.930 bits per heavy atom. The first-order valence-electron chi connectivity index (χ1n) is 14.3. The molecule has 1 aliphatic heterocycles. The quantitative estimate of drug-likeness (QED) is 0.228. The van der Waals surface area contributed by atoms with E-state index in [2.05, 4.69) is 24.9 Å². The molecule has 224 valence electrons. The van der Waals surface area contributed by atoms with E-state index >= 15 is 0 Å². The number of rotatable bonds is 10. The minimum absolute atomic E-state index is 0.00937.